The van der Waals surface area contributed by atoms with Crippen molar-refractivity contribution in [2.24, 2.45) is 0 Å². The average Bonchev–Trinajstić information content (AvgIpc) is 2.65. The number of aryl methyl sites for hydroxylation is 2. The minimum atomic E-state index is -0.108. The maximum Gasteiger partial charge on any atom is 0.264 e. The van der Waals surface area contributed by atoms with Crippen LogP contribution >= 0.6 is 11.3 Å². The number of thiophene rings is 1. The fourth-order valence-corrected chi connectivity index (χ4v) is 2.82. The second kappa shape index (κ2) is 2.78. The van der Waals surface area contributed by atoms with Gasteiger partial charge in [-0.3, -0.25) is 4.79 Å². The predicted molar refractivity (Wildman–Crippen MR) is 55.6 cm³/mol. The summed E-state index contributed by atoms with van der Waals surface area (Å²) in [4.78, 5) is 12.3. The highest BCUT2D eigenvalue weighted by molar-refractivity contribution is 7.13. The van der Waals surface area contributed by atoms with Crippen molar-refractivity contribution in [3.8, 4) is 10.6 Å². The minimum absolute atomic E-state index is 0.108. The van der Waals surface area contributed by atoms with Crippen LogP contribution in [0.2, 0.25) is 0 Å². The summed E-state index contributed by atoms with van der Waals surface area (Å²) in [7, 11) is 0. The fraction of sp³-hybridized carbons (Fsp3) is 0.200. The lowest BCUT2D eigenvalue weighted by Gasteiger charge is -2.13. The summed E-state index contributed by atoms with van der Waals surface area (Å²) in [5, 5.41) is 8.67. The van der Waals surface area contributed by atoms with E-state index in [-0.39, 0.29) is 5.56 Å². The van der Waals surface area contributed by atoms with Gasteiger partial charge in [0.25, 0.3) is 5.56 Å². The average molecular weight is 204 g/mol. The van der Waals surface area contributed by atoms with Gasteiger partial charge in [0, 0.05) is 6.07 Å². The van der Waals surface area contributed by atoms with Gasteiger partial charge < -0.3 is 0 Å². The van der Waals surface area contributed by atoms with Gasteiger partial charge in [0.05, 0.1) is 4.88 Å². The Morgan fingerprint density at radius 3 is 3.14 bits per heavy atom. The molecular weight excluding hydrogens is 196 g/mol. The summed E-state index contributed by atoms with van der Waals surface area (Å²) in [6.07, 6.45) is 1.95. The molecule has 0 aliphatic heterocycles. The molecule has 4 heteroatoms. The Morgan fingerprint density at radius 1 is 1.36 bits per heavy atom. The second-order valence-corrected chi connectivity index (χ2v) is 4.30. The molecule has 1 aliphatic carbocycles. The number of nitrogens with one attached hydrogen (secondary N) is 1. The molecule has 1 aliphatic rings. The predicted octanol–water partition coefficient (Wildman–Crippen LogP) is 1.60. The van der Waals surface area contributed by atoms with Crippen molar-refractivity contribution in [1.29, 1.82) is 0 Å². The lowest BCUT2D eigenvalue weighted by Crippen LogP contribution is -2.13. The van der Waals surface area contributed by atoms with Crippen molar-refractivity contribution in [2.75, 3.05) is 0 Å². The van der Waals surface area contributed by atoms with E-state index >= 15 is 0 Å². The molecule has 0 unspecified atom stereocenters. The van der Waals surface area contributed by atoms with Crippen LogP contribution in [-0.2, 0) is 12.8 Å². The van der Waals surface area contributed by atoms with E-state index in [1.54, 1.807) is 17.4 Å². The molecule has 0 radical (unpaired) electrons. The molecule has 0 aromatic carbocycles. The smallest absolute Gasteiger partial charge is 0.264 e. The number of fused-ring (bicyclic) bond motifs is 3. The Labute approximate surface area is 84.4 Å². The highest BCUT2D eigenvalue weighted by Crippen LogP contribution is 2.34. The summed E-state index contributed by atoms with van der Waals surface area (Å²) in [5.74, 6) is 0. The topological polar surface area (TPSA) is 45.8 Å². The van der Waals surface area contributed by atoms with E-state index in [0.717, 1.165) is 24.1 Å². The van der Waals surface area contributed by atoms with E-state index < -0.39 is 0 Å². The molecule has 0 spiro atoms. The molecule has 2 aromatic heterocycles. The maximum atomic E-state index is 11.1. The van der Waals surface area contributed by atoms with Gasteiger partial charge >= 0.3 is 0 Å². The van der Waals surface area contributed by atoms with Gasteiger partial charge in [0.15, 0.2) is 0 Å². The summed E-state index contributed by atoms with van der Waals surface area (Å²) >= 11 is 1.69. The number of nitrogens with zero attached hydrogens (tertiary/aromatic N) is 1. The number of H-pyrrole nitrogens is 1. The van der Waals surface area contributed by atoms with Crippen molar-refractivity contribution in [2.45, 2.75) is 12.8 Å². The zero-order chi connectivity index (χ0) is 9.54. The monoisotopic (exact) mass is 204 g/mol. The lowest BCUT2D eigenvalue weighted by molar-refractivity contribution is 0.889. The fourth-order valence-electron chi connectivity index (χ4n) is 1.84. The number of rotatable bonds is 0. The Morgan fingerprint density at radius 2 is 2.21 bits per heavy atom. The molecule has 3 rings (SSSR count). The molecule has 0 saturated carbocycles. The van der Waals surface area contributed by atoms with Crippen molar-refractivity contribution in [3.63, 3.8) is 0 Å². The molecule has 0 fully saturated rings. The van der Waals surface area contributed by atoms with Crippen molar-refractivity contribution in [3.05, 3.63) is 39.0 Å². The molecule has 0 bridgehead atoms. The zero-order valence-electron chi connectivity index (χ0n) is 7.41. The molecule has 0 amide bonds. The maximum absolute atomic E-state index is 11.1. The Bertz CT molecular complexity index is 541. The van der Waals surface area contributed by atoms with E-state index in [4.69, 9.17) is 0 Å². The quantitative estimate of drug-likeness (QED) is 0.708. The highest BCUT2D eigenvalue weighted by Gasteiger charge is 2.18. The number of aromatic nitrogens is 2. The lowest BCUT2D eigenvalue weighted by atomic mass is 9.96. The van der Waals surface area contributed by atoms with Crippen molar-refractivity contribution in [1.82, 2.24) is 10.2 Å². The molecular formula is C10H8N2OS. The Hall–Kier alpha value is -1.42. The van der Waals surface area contributed by atoms with Gasteiger partial charge in [-0.15, -0.1) is 11.3 Å². The largest absolute Gasteiger partial charge is 0.268 e. The first-order valence-electron chi connectivity index (χ1n) is 4.50. The first kappa shape index (κ1) is 7.94. The third kappa shape index (κ3) is 1.04. The highest BCUT2D eigenvalue weighted by atomic mass is 32.1. The Kier molecular flexibility index (Phi) is 1.58. The van der Waals surface area contributed by atoms with E-state index in [2.05, 4.69) is 21.6 Å². The molecule has 0 saturated heterocycles. The standard InChI is InChI=1S/C10H8N2OS/c13-8-5-7-2-1-6-3-4-14-10(6)9(7)12-11-8/h3-5H,1-2H2,(H,11,13). The van der Waals surface area contributed by atoms with Crippen LogP contribution in [-0.4, -0.2) is 10.2 Å². The zero-order valence-corrected chi connectivity index (χ0v) is 8.23. The number of aromatic amines is 1. The second-order valence-electron chi connectivity index (χ2n) is 3.38. The minimum Gasteiger partial charge on any atom is -0.268 e. The molecule has 2 heterocycles. The van der Waals surface area contributed by atoms with Crippen LogP contribution in [0, 0.1) is 0 Å². The van der Waals surface area contributed by atoms with Gasteiger partial charge in [0.2, 0.25) is 0 Å². The molecule has 1 N–H and O–H groups in total. The summed E-state index contributed by atoms with van der Waals surface area (Å²) < 4.78 is 0. The van der Waals surface area contributed by atoms with Gasteiger partial charge in [-0.05, 0) is 35.4 Å². The third-order valence-corrected chi connectivity index (χ3v) is 3.48. The Balaban J connectivity index is 2.31. The van der Waals surface area contributed by atoms with Crippen LogP contribution in [0.3, 0.4) is 0 Å². The molecule has 2 aromatic rings. The van der Waals surface area contributed by atoms with Gasteiger partial charge in [-0.25, -0.2) is 5.10 Å². The van der Waals surface area contributed by atoms with E-state index in [9.17, 15) is 4.79 Å². The molecule has 0 atom stereocenters. The normalized spacial score (nSPS) is 13.4. The van der Waals surface area contributed by atoms with Crippen LogP contribution in [0.5, 0.6) is 0 Å². The van der Waals surface area contributed by atoms with Crippen LogP contribution in [0.15, 0.2) is 22.3 Å². The van der Waals surface area contributed by atoms with Crippen LogP contribution < -0.4 is 5.56 Å². The molecule has 3 nitrogen and oxygen atoms in total. The first-order valence-corrected chi connectivity index (χ1v) is 5.38. The number of hydrogen-bond donors (Lipinski definition) is 1. The van der Waals surface area contributed by atoms with Crippen molar-refractivity contribution >= 4 is 11.3 Å². The van der Waals surface area contributed by atoms with E-state index in [1.807, 2.05) is 0 Å². The van der Waals surface area contributed by atoms with Crippen LogP contribution in [0.25, 0.3) is 10.6 Å². The van der Waals surface area contributed by atoms with Crippen molar-refractivity contribution < 1.29 is 0 Å². The SMILES string of the molecule is O=c1cc2c(n[nH]1)-c1sccc1CC2. The summed E-state index contributed by atoms with van der Waals surface area (Å²) in [6, 6.07) is 3.79. The van der Waals surface area contributed by atoms with Gasteiger partial charge in [0.1, 0.15) is 5.69 Å². The summed E-state index contributed by atoms with van der Waals surface area (Å²) in [6.45, 7) is 0. The van der Waals surface area contributed by atoms with Crippen LogP contribution in [0.1, 0.15) is 11.1 Å². The number of hydrogen-bond acceptors (Lipinski definition) is 3. The third-order valence-electron chi connectivity index (χ3n) is 2.51. The van der Waals surface area contributed by atoms with E-state index in [1.165, 1.54) is 10.4 Å². The van der Waals surface area contributed by atoms with Gasteiger partial charge in [-0.1, -0.05) is 0 Å². The van der Waals surface area contributed by atoms with E-state index in [0.29, 0.717) is 0 Å². The molecule has 14 heavy (non-hydrogen) atoms. The first-order chi connectivity index (χ1) is 6.84. The van der Waals surface area contributed by atoms with Crippen LogP contribution in [0.4, 0.5) is 0 Å². The summed E-state index contributed by atoms with van der Waals surface area (Å²) in [5.41, 5.74) is 3.27. The molecule has 70 valence electrons. The van der Waals surface area contributed by atoms with Gasteiger partial charge in [-0.2, -0.15) is 5.10 Å².